The maximum absolute atomic E-state index is 12.3. The average Bonchev–Trinajstić information content (AvgIpc) is 2.48. The lowest BCUT2D eigenvalue weighted by molar-refractivity contribution is 0.102. The third-order valence-electron chi connectivity index (χ3n) is 3.15. The van der Waals surface area contributed by atoms with E-state index in [-0.39, 0.29) is 5.91 Å². The molecule has 116 valence electrons. The quantitative estimate of drug-likeness (QED) is 0.861. The van der Waals surface area contributed by atoms with Crippen molar-refractivity contribution in [2.75, 3.05) is 17.2 Å². The van der Waals surface area contributed by atoms with E-state index < -0.39 is 0 Å². The second kappa shape index (κ2) is 7.27. The van der Waals surface area contributed by atoms with Crippen molar-refractivity contribution >= 4 is 28.9 Å². The number of hydrogen-bond donors (Lipinski definition) is 2. The van der Waals surface area contributed by atoms with Gasteiger partial charge in [0, 0.05) is 29.6 Å². The number of aromatic nitrogens is 1. The van der Waals surface area contributed by atoms with Crippen LogP contribution in [0.15, 0.2) is 36.7 Å². The summed E-state index contributed by atoms with van der Waals surface area (Å²) in [5.41, 5.74) is 3.02. The Morgan fingerprint density at radius 1 is 1.27 bits per heavy atom. The normalized spacial score (nSPS) is 10.6. The number of benzene rings is 1. The lowest BCUT2D eigenvalue weighted by atomic mass is 10.2. The van der Waals surface area contributed by atoms with Gasteiger partial charge in [0.05, 0.1) is 11.3 Å². The summed E-state index contributed by atoms with van der Waals surface area (Å²) >= 11 is 5.92. The highest BCUT2D eigenvalue weighted by atomic mass is 35.5. The van der Waals surface area contributed by atoms with E-state index in [9.17, 15) is 4.79 Å². The Morgan fingerprint density at radius 2 is 2.05 bits per heavy atom. The first-order chi connectivity index (χ1) is 10.5. The van der Waals surface area contributed by atoms with Gasteiger partial charge in [-0.25, -0.2) is 0 Å². The lowest BCUT2D eigenvalue weighted by Crippen LogP contribution is -2.14. The molecule has 0 saturated heterocycles. The van der Waals surface area contributed by atoms with Gasteiger partial charge in [0.2, 0.25) is 0 Å². The van der Waals surface area contributed by atoms with Gasteiger partial charge in [-0.2, -0.15) is 0 Å². The molecule has 0 saturated carbocycles. The number of nitrogens with zero attached hydrogens (tertiary/aromatic N) is 1. The molecule has 2 aromatic rings. The zero-order chi connectivity index (χ0) is 16.1. The van der Waals surface area contributed by atoms with Crippen molar-refractivity contribution in [1.82, 2.24) is 4.98 Å². The number of carbonyl (C=O) groups excluding carboxylic acids is 1. The summed E-state index contributed by atoms with van der Waals surface area (Å²) in [6.45, 7) is 6.99. The number of hydrogen-bond acceptors (Lipinski definition) is 3. The van der Waals surface area contributed by atoms with Crippen LogP contribution in [0.2, 0.25) is 5.02 Å². The molecule has 1 heterocycles. The summed E-state index contributed by atoms with van der Waals surface area (Å²) in [5.74, 6) is 0.334. The maximum Gasteiger partial charge on any atom is 0.257 e. The fourth-order valence-electron chi connectivity index (χ4n) is 1.94. The minimum absolute atomic E-state index is 0.189. The van der Waals surface area contributed by atoms with E-state index in [0.717, 1.165) is 23.5 Å². The zero-order valence-electron chi connectivity index (χ0n) is 13.0. The first kappa shape index (κ1) is 16.3. The molecule has 2 N–H and O–H groups in total. The molecule has 1 amide bonds. The Hall–Kier alpha value is -2.07. The van der Waals surface area contributed by atoms with Crippen LogP contribution in [0.4, 0.5) is 11.4 Å². The third kappa shape index (κ3) is 4.46. The van der Waals surface area contributed by atoms with Crippen molar-refractivity contribution < 1.29 is 4.79 Å². The van der Waals surface area contributed by atoms with Crippen LogP contribution in [0.1, 0.15) is 29.8 Å². The second-order valence-electron chi connectivity index (χ2n) is 5.65. The Kier molecular flexibility index (Phi) is 5.39. The van der Waals surface area contributed by atoms with Crippen LogP contribution in [0.25, 0.3) is 0 Å². The highest BCUT2D eigenvalue weighted by Crippen LogP contribution is 2.20. The molecule has 0 aliphatic carbocycles. The predicted molar refractivity (Wildman–Crippen MR) is 91.7 cm³/mol. The largest absolute Gasteiger partial charge is 0.384 e. The fourth-order valence-corrected chi connectivity index (χ4v) is 2.17. The number of rotatable bonds is 5. The van der Waals surface area contributed by atoms with Gasteiger partial charge in [0.15, 0.2) is 0 Å². The number of nitrogens with one attached hydrogen (secondary N) is 2. The van der Waals surface area contributed by atoms with Crippen LogP contribution in [0.3, 0.4) is 0 Å². The monoisotopic (exact) mass is 317 g/mol. The topological polar surface area (TPSA) is 54.0 Å². The average molecular weight is 318 g/mol. The molecule has 2 rings (SSSR count). The summed E-state index contributed by atoms with van der Waals surface area (Å²) < 4.78 is 0. The van der Waals surface area contributed by atoms with Crippen molar-refractivity contribution in [3.63, 3.8) is 0 Å². The SMILES string of the molecule is Cc1cc(Cl)ccc1NC(=O)c1cncc(NCC(C)C)c1. The van der Waals surface area contributed by atoms with Crippen molar-refractivity contribution in [3.8, 4) is 0 Å². The van der Waals surface area contributed by atoms with Gasteiger partial charge in [-0.15, -0.1) is 0 Å². The molecule has 0 spiro atoms. The van der Waals surface area contributed by atoms with E-state index in [2.05, 4.69) is 29.5 Å². The van der Waals surface area contributed by atoms with E-state index in [1.54, 1.807) is 30.6 Å². The Bertz CT molecular complexity index is 671. The predicted octanol–water partition coefficient (Wildman–Crippen LogP) is 4.36. The molecule has 1 aromatic carbocycles. The number of halogens is 1. The molecular formula is C17H20ClN3O. The summed E-state index contributed by atoms with van der Waals surface area (Å²) in [6, 6.07) is 7.17. The van der Waals surface area contributed by atoms with Gasteiger partial charge in [0.25, 0.3) is 5.91 Å². The number of anilines is 2. The summed E-state index contributed by atoms with van der Waals surface area (Å²) in [6.07, 6.45) is 3.27. The third-order valence-corrected chi connectivity index (χ3v) is 3.39. The molecule has 0 bridgehead atoms. The van der Waals surface area contributed by atoms with Crippen molar-refractivity contribution in [1.29, 1.82) is 0 Å². The molecule has 0 radical (unpaired) electrons. The lowest BCUT2D eigenvalue weighted by Gasteiger charge is -2.11. The van der Waals surface area contributed by atoms with E-state index in [0.29, 0.717) is 16.5 Å². The smallest absolute Gasteiger partial charge is 0.257 e. The van der Waals surface area contributed by atoms with Gasteiger partial charge in [-0.05, 0) is 42.7 Å². The van der Waals surface area contributed by atoms with Crippen LogP contribution < -0.4 is 10.6 Å². The zero-order valence-corrected chi connectivity index (χ0v) is 13.7. The number of amides is 1. The van der Waals surface area contributed by atoms with Crippen LogP contribution in [-0.4, -0.2) is 17.4 Å². The Balaban J connectivity index is 2.10. The van der Waals surface area contributed by atoms with Crippen LogP contribution >= 0.6 is 11.6 Å². The standard InChI is InChI=1S/C17H20ClN3O/c1-11(2)8-20-15-7-13(9-19-10-15)17(22)21-16-5-4-14(18)6-12(16)3/h4-7,9-11,20H,8H2,1-3H3,(H,21,22). The number of carbonyl (C=O) groups is 1. The van der Waals surface area contributed by atoms with E-state index >= 15 is 0 Å². The van der Waals surface area contributed by atoms with Gasteiger partial charge in [-0.3, -0.25) is 9.78 Å². The van der Waals surface area contributed by atoms with Crippen LogP contribution in [-0.2, 0) is 0 Å². The van der Waals surface area contributed by atoms with E-state index in [4.69, 9.17) is 11.6 Å². The van der Waals surface area contributed by atoms with Crippen molar-refractivity contribution in [2.45, 2.75) is 20.8 Å². The molecule has 4 nitrogen and oxygen atoms in total. The first-order valence-electron chi connectivity index (χ1n) is 7.22. The summed E-state index contributed by atoms with van der Waals surface area (Å²) in [5, 5.41) is 6.79. The maximum atomic E-state index is 12.3. The summed E-state index contributed by atoms with van der Waals surface area (Å²) in [7, 11) is 0. The Morgan fingerprint density at radius 3 is 2.73 bits per heavy atom. The van der Waals surface area contributed by atoms with Gasteiger partial charge >= 0.3 is 0 Å². The minimum Gasteiger partial charge on any atom is -0.384 e. The molecule has 0 unspecified atom stereocenters. The first-order valence-corrected chi connectivity index (χ1v) is 7.60. The van der Waals surface area contributed by atoms with Crippen LogP contribution in [0.5, 0.6) is 0 Å². The van der Waals surface area contributed by atoms with Crippen molar-refractivity contribution in [3.05, 3.63) is 52.8 Å². The van der Waals surface area contributed by atoms with Gasteiger partial charge < -0.3 is 10.6 Å². The molecule has 22 heavy (non-hydrogen) atoms. The van der Waals surface area contributed by atoms with Gasteiger partial charge in [0.1, 0.15) is 0 Å². The highest BCUT2D eigenvalue weighted by molar-refractivity contribution is 6.30. The van der Waals surface area contributed by atoms with Gasteiger partial charge in [-0.1, -0.05) is 25.4 Å². The molecule has 1 aromatic heterocycles. The molecular weight excluding hydrogens is 298 g/mol. The molecule has 0 aliphatic heterocycles. The van der Waals surface area contributed by atoms with Crippen LogP contribution in [0, 0.1) is 12.8 Å². The molecule has 0 atom stereocenters. The number of aryl methyl sites for hydroxylation is 1. The van der Waals surface area contributed by atoms with E-state index in [1.807, 2.05) is 13.0 Å². The second-order valence-corrected chi connectivity index (χ2v) is 6.09. The van der Waals surface area contributed by atoms with Crippen molar-refractivity contribution in [2.24, 2.45) is 5.92 Å². The Labute approximate surface area is 135 Å². The summed E-state index contributed by atoms with van der Waals surface area (Å²) in [4.78, 5) is 16.4. The molecule has 0 aliphatic rings. The van der Waals surface area contributed by atoms with E-state index in [1.165, 1.54) is 0 Å². The minimum atomic E-state index is -0.189. The molecule has 5 heteroatoms. The highest BCUT2D eigenvalue weighted by Gasteiger charge is 2.09. The number of pyridine rings is 1. The molecule has 0 fully saturated rings. The fraction of sp³-hybridized carbons (Fsp3) is 0.294.